The van der Waals surface area contributed by atoms with E-state index in [0.29, 0.717) is 17.5 Å². The molecule has 0 heterocycles. The molecule has 1 rings (SSSR count). The average Bonchev–Trinajstić information content (AvgIpc) is 2.32. The van der Waals surface area contributed by atoms with Crippen molar-refractivity contribution in [3.05, 3.63) is 41.0 Å². The van der Waals surface area contributed by atoms with Gasteiger partial charge in [0, 0.05) is 6.08 Å². The summed E-state index contributed by atoms with van der Waals surface area (Å²) in [6.45, 7) is 1.94. The highest BCUT2D eigenvalue weighted by molar-refractivity contribution is 5.85. The zero-order valence-electron chi connectivity index (χ0n) is 10.5. The summed E-state index contributed by atoms with van der Waals surface area (Å²) in [6.07, 6.45) is -0.00517. The lowest BCUT2D eigenvalue weighted by Gasteiger charge is -2.11. The number of benzene rings is 1. The first kappa shape index (κ1) is 15.3. The zero-order chi connectivity index (χ0) is 14.5. The van der Waals surface area contributed by atoms with Gasteiger partial charge in [0.25, 0.3) is 0 Å². The Morgan fingerprint density at radius 2 is 2.05 bits per heavy atom. The molecule has 0 aromatic heterocycles. The third-order valence-corrected chi connectivity index (χ3v) is 2.68. The molecule has 0 atom stereocenters. The van der Waals surface area contributed by atoms with Crippen LogP contribution in [-0.4, -0.2) is 11.1 Å². The van der Waals surface area contributed by atoms with Crippen molar-refractivity contribution in [1.82, 2.24) is 0 Å². The van der Waals surface area contributed by atoms with Gasteiger partial charge in [0.2, 0.25) is 0 Å². The van der Waals surface area contributed by atoms with E-state index in [2.05, 4.69) is 0 Å². The van der Waals surface area contributed by atoms with Crippen molar-refractivity contribution in [2.24, 2.45) is 0 Å². The summed E-state index contributed by atoms with van der Waals surface area (Å²) in [5.74, 6) is -1.12. The molecule has 0 bridgehead atoms. The van der Waals surface area contributed by atoms with Gasteiger partial charge < -0.3 is 5.11 Å². The number of unbranched alkanes of at least 4 members (excludes halogenated alkanes) is 1. The first-order valence-corrected chi connectivity index (χ1v) is 5.95. The van der Waals surface area contributed by atoms with Gasteiger partial charge >= 0.3 is 12.1 Å². The minimum Gasteiger partial charge on any atom is -0.478 e. The van der Waals surface area contributed by atoms with Crippen LogP contribution in [0, 0.1) is 0 Å². The molecule has 1 aromatic carbocycles. The second-order valence-electron chi connectivity index (χ2n) is 4.19. The number of carbonyl (C=O) groups is 1. The highest BCUT2D eigenvalue weighted by Crippen LogP contribution is 2.31. The molecule has 0 radical (unpaired) electrons. The molecule has 0 amide bonds. The molecular weight excluding hydrogens is 257 g/mol. The smallest absolute Gasteiger partial charge is 0.416 e. The van der Waals surface area contributed by atoms with Gasteiger partial charge in [0.1, 0.15) is 0 Å². The predicted molar refractivity (Wildman–Crippen MR) is 66.7 cm³/mol. The fourth-order valence-corrected chi connectivity index (χ4v) is 1.69. The van der Waals surface area contributed by atoms with Crippen LogP contribution in [0.2, 0.25) is 0 Å². The Balaban J connectivity index is 3.12. The van der Waals surface area contributed by atoms with Crippen LogP contribution in [0.15, 0.2) is 24.3 Å². The Hall–Kier alpha value is -1.78. The van der Waals surface area contributed by atoms with E-state index in [0.717, 1.165) is 31.1 Å². The van der Waals surface area contributed by atoms with E-state index >= 15 is 0 Å². The summed E-state index contributed by atoms with van der Waals surface area (Å²) in [5, 5.41) is 8.56. The fourth-order valence-electron chi connectivity index (χ4n) is 1.69. The minimum absolute atomic E-state index is 0.500. The molecule has 0 saturated carbocycles. The quantitative estimate of drug-likeness (QED) is 0.818. The van der Waals surface area contributed by atoms with Gasteiger partial charge in [-0.15, -0.1) is 0 Å². The van der Waals surface area contributed by atoms with Gasteiger partial charge in [-0.2, -0.15) is 13.2 Å². The Morgan fingerprint density at radius 3 is 2.58 bits per heavy atom. The summed E-state index contributed by atoms with van der Waals surface area (Å²) >= 11 is 0. The zero-order valence-corrected chi connectivity index (χ0v) is 10.5. The van der Waals surface area contributed by atoms with Crippen LogP contribution in [0.5, 0.6) is 0 Å². The Bertz CT molecular complexity index is 476. The number of rotatable bonds is 5. The van der Waals surface area contributed by atoms with Crippen molar-refractivity contribution in [3.8, 4) is 0 Å². The molecule has 104 valence electrons. The largest absolute Gasteiger partial charge is 0.478 e. The molecule has 0 spiro atoms. The predicted octanol–water partition coefficient (Wildman–Crippen LogP) is 4.15. The number of carboxylic acid groups (broad SMARTS) is 1. The summed E-state index contributed by atoms with van der Waals surface area (Å²) in [7, 11) is 0. The first-order valence-electron chi connectivity index (χ1n) is 5.95. The van der Waals surface area contributed by atoms with Gasteiger partial charge in [-0.05, 0) is 42.2 Å². The second kappa shape index (κ2) is 6.41. The van der Waals surface area contributed by atoms with Crippen LogP contribution in [0.25, 0.3) is 6.08 Å². The van der Waals surface area contributed by atoms with E-state index in [1.807, 2.05) is 6.92 Å². The van der Waals surface area contributed by atoms with Crippen LogP contribution in [0.4, 0.5) is 13.2 Å². The van der Waals surface area contributed by atoms with Crippen molar-refractivity contribution in [2.45, 2.75) is 32.4 Å². The molecule has 19 heavy (non-hydrogen) atoms. The molecule has 0 fully saturated rings. The second-order valence-corrected chi connectivity index (χ2v) is 4.19. The standard InChI is InChI=1S/C14H15F3O2/c1-2-3-4-11-9-12(14(15,16)17)7-5-10(11)6-8-13(18)19/h5-9H,2-4H2,1H3,(H,18,19)/b8-6+. The van der Waals surface area contributed by atoms with Gasteiger partial charge in [-0.1, -0.05) is 19.4 Å². The molecule has 0 aliphatic rings. The highest BCUT2D eigenvalue weighted by atomic mass is 19.4. The normalized spacial score (nSPS) is 12.0. The lowest BCUT2D eigenvalue weighted by Crippen LogP contribution is -2.06. The van der Waals surface area contributed by atoms with Gasteiger partial charge in [-0.25, -0.2) is 4.79 Å². The highest BCUT2D eigenvalue weighted by Gasteiger charge is 2.30. The molecule has 2 nitrogen and oxygen atoms in total. The van der Waals surface area contributed by atoms with E-state index in [9.17, 15) is 18.0 Å². The van der Waals surface area contributed by atoms with E-state index in [-0.39, 0.29) is 0 Å². The van der Waals surface area contributed by atoms with E-state index in [1.165, 1.54) is 12.1 Å². The molecule has 0 saturated heterocycles. The van der Waals surface area contributed by atoms with Crippen molar-refractivity contribution < 1.29 is 23.1 Å². The summed E-state index contributed by atoms with van der Waals surface area (Å²) in [4.78, 5) is 10.5. The molecule has 1 aromatic rings. The lowest BCUT2D eigenvalue weighted by molar-refractivity contribution is -0.137. The minimum atomic E-state index is -4.38. The van der Waals surface area contributed by atoms with E-state index in [1.54, 1.807) is 0 Å². The van der Waals surface area contributed by atoms with Gasteiger partial charge in [-0.3, -0.25) is 0 Å². The summed E-state index contributed by atoms with van der Waals surface area (Å²) < 4.78 is 37.9. The third-order valence-electron chi connectivity index (χ3n) is 2.68. The third kappa shape index (κ3) is 4.77. The summed E-state index contributed by atoms with van der Waals surface area (Å²) in [5.41, 5.74) is 0.337. The van der Waals surface area contributed by atoms with Gasteiger partial charge in [0.05, 0.1) is 5.56 Å². The van der Waals surface area contributed by atoms with E-state index < -0.39 is 17.7 Å². The van der Waals surface area contributed by atoms with Crippen molar-refractivity contribution in [2.75, 3.05) is 0 Å². The summed E-state index contributed by atoms with van der Waals surface area (Å²) in [6, 6.07) is 3.38. The molecule has 5 heteroatoms. The topological polar surface area (TPSA) is 37.3 Å². The number of hydrogen-bond acceptors (Lipinski definition) is 1. The molecule has 0 aliphatic heterocycles. The van der Waals surface area contributed by atoms with Crippen LogP contribution < -0.4 is 0 Å². The maximum absolute atomic E-state index is 12.6. The Morgan fingerprint density at radius 1 is 1.37 bits per heavy atom. The molecule has 1 N–H and O–H groups in total. The number of aliphatic carboxylic acids is 1. The monoisotopic (exact) mass is 272 g/mol. The number of halogens is 3. The van der Waals surface area contributed by atoms with Crippen molar-refractivity contribution in [1.29, 1.82) is 0 Å². The Kier molecular flexibility index (Phi) is 5.15. The number of carboxylic acids is 1. The maximum atomic E-state index is 12.6. The number of aryl methyl sites for hydroxylation is 1. The van der Waals surface area contributed by atoms with E-state index in [4.69, 9.17) is 5.11 Å². The van der Waals surface area contributed by atoms with Crippen LogP contribution in [0.1, 0.15) is 36.5 Å². The van der Waals surface area contributed by atoms with Crippen LogP contribution >= 0.6 is 0 Å². The Labute approximate surface area is 109 Å². The lowest BCUT2D eigenvalue weighted by atomic mass is 9.98. The van der Waals surface area contributed by atoms with Crippen molar-refractivity contribution >= 4 is 12.0 Å². The molecular formula is C14H15F3O2. The van der Waals surface area contributed by atoms with Crippen LogP contribution in [-0.2, 0) is 17.4 Å². The number of alkyl halides is 3. The molecule has 0 unspecified atom stereocenters. The van der Waals surface area contributed by atoms with Gasteiger partial charge in [0.15, 0.2) is 0 Å². The van der Waals surface area contributed by atoms with Crippen molar-refractivity contribution in [3.63, 3.8) is 0 Å². The van der Waals surface area contributed by atoms with Crippen LogP contribution in [0.3, 0.4) is 0 Å². The molecule has 0 aliphatic carbocycles. The fraction of sp³-hybridized carbons (Fsp3) is 0.357. The average molecular weight is 272 g/mol. The maximum Gasteiger partial charge on any atom is 0.416 e. The first-order chi connectivity index (χ1) is 8.84. The SMILES string of the molecule is CCCCc1cc(C(F)(F)F)ccc1/C=C/C(=O)O. The number of hydrogen-bond donors (Lipinski definition) is 1.